The first-order valence-corrected chi connectivity index (χ1v) is 23.4. The summed E-state index contributed by atoms with van der Waals surface area (Å²) in [5.41, 5.74) is 8.69. The van der Waals surface area contributed by atoms with Crippen molar-refractivity contribution in [3.63, 3.8) is 0 Å². The summed E-state index contributed by atoms with van der Waals surface area (Å²) in [7, 11) is 0. The zero-order valence-corrected chi connectivity index (χ0v) is 39.4. The highest BCUT2D eigenvalue weighted by molar-refractivity contribution is 6.14. The van der Waals surface area contributed by atoms with Crippen molar-refractivity contribution in [3.8, 4) is 67.5 Å². The molecule has 0 bridgehead atoms. The molecule has 0 aliphatic heterocycles. The largest absolute Gasteiger partial charge is 0.507 e. The number of para-hydroxylation sites is 2. The normalized spacial score (nSPS) is 12.4. The van der Waals surface area contributed by atoms with Crippen LogP contribution in [-0.2, 0) is 5.41 Å². The number of phenolic OH excluding ortho intramolecular Hbond substituents is 2. The van der Waals surface area contributed by atoms with Crippen LogP contribution in [0.1, 0.15) is 65.0 Å². The molecule has 0 unspecified atom stereocenters. The lowest BCUT2D eigenvalue weighted by Gasteiger charge is -2.24. The number of aromatic hydroxyl groups is 2. The van der Waals surface area contributed by atoms with Crippen LogP contribution in [0.15, 0.2) is 170 Å². The lowest BCUT2D eigenvalue weighted by Crippen LogP contribution is -2.27. The molecular weight excluding hydrogens is 821 g/mol. The third kappa shape index (κ3) is 8.68. The molecule has 0 aliphatic rings. The van der Waals surface area contributed by atoms with Crippen molar-refractivity contribution < 1.29 is 19.7 Å². The average Bonchev–Trinajstić information content (AvgIpc) is 3.33. The van der Waals surface area contributed by atoms with Gasteiger partial charge in [0.05, 0.1) is 13.2 Å². The first kappa shape index (κ1) is 44.6. The van der Waals surface area contributed by atoms with Crippen molar-refractivity contribution in [2.24, 2.45) is 0 Å². The highest BCUT2D eigenvalue weighted by Crippen LogP contribution is 2.48. The SMILES string of the molecule is C=C/C=c1/cc2ccccc2c(-c2cc(C(C)(C)C)cc(-c3ccccc3OCCCOc3ccccc3-c3cc(C(C)C)cc(-c4c5ccccc5cc5ccccc45)c3O)c2O)/c1=C/C. The Morgan fingerprint density at radius 3 is 1.51 bits per heavy atom. The van der Waals surface area contributed by atoms with Crippen LogP contribution >= 0.6 is 0 Å². The lowest BCUT2D eigenvalue weighted by molar-refractivity contribution is 0.248. The standard InChI is InChI=1S/C63H58O4/c1-8-21-41-34-42-22-10-13-25-48(42)59(47(41)9-2)56-39-46(63(5,6)7)38-54(62(56)65)52-29-17-19-31-58(52)67-33-20-32-66-57-30-18-16-28-51(57)53-36-45(40(3)4)37-55(61(53)64)60-49-26-14-11-23-43(49)35-44-24-12-15-27-50(44)60/h8-19,21-31,34-40,64-65H,1,20,32-33H2,2-7H3/b41-21-,47-9+. The quantitative estimate of drug-likeness (QED) is 0.0948. The number of allylic oxidation sites excluding steroid dienone is 1. The van der Waals surface area contributed by atoms with E-state index in [0.29, 0.717) is 36.7 Å². The third-order valence-electron chi connectivity index (χ3n) is 13.0. The summed E-state index contributed by atoms with van der Waals surface area (Å²) in [4.78, 5) is 0. The van der Waals surface area contributed by atoms with Gasteiger partial charge in [-0.1, -0.05) is 169 Å². The molecule has 0 aliphatic carbocycles. The van der Waals surface area contributed by atoms with E-state index in [1.54, 1.807) is 0 Å². The van der Waals surface area contributed by atoms with Crippen molar-refractivity contribution in [3.05, 3.63) is 192 Å². The van der Waals surface area contributed by atoms with Gasteiger partial charge in [0, 0.05) is 50.9 Å². The maximum Gasteiger partial charge on any atom is 0.131 e. The van der Waals surface area contributed by atoms with Gasteiger partial charge in [0.15, 0.2) is 0 Å². The molecule has 4 heteroatoms. The van der Waals surface area contributed by atoms with Gasteiger partial charge >= 0.3 is 0 Å². The van der Waals surface area contributed by atoms with Gasteiger partial charge in [-0.25, -0.2) is 0 Å². The summed E-state index contributed by atoms with van der Waals surface area (Å²) in [6.45, 7) is 17.8. The second-order valence-corrected chi connectivity index (χ2v) is 18.7. The molecular formula is C63H58O4. The van der Waals surface area contributed by atoms with E-state index in [9.17, 15) is 10.2 Å². The van der Waals surface area contributed by atoms with Gasteiger partial charge < -0.3 is 19.7 Å². The number of phenols is 2. The van der Waals surface area contributed by atoms with E-state index in [0.717, 1.165) is 92.8 Å². The molecule has 9 rings (SSSR count). The predicted octanol–water partition coefficient (Wildman–Crippen LogP) is 15.3. The van der Waals surface area contributed by atoms with Crippen molar-refractivity contribution in [1.82, 2.24) is 0 Å². The molecule has 9 aromatic rings. The Morgan fingerprint density at radius 2 is 0.985 bits per heavy atom. The molecule has 0 atom stereocenters. The molecule has 0 fully saturated rings. The molecule has 334 valence electrons. The van der Waals surface area contributed by atoms with Crippen molar-refractivity contribution in [1.29, 1.82) is 0 Å². The second-order valence-electron chi connectivity index (χ2n) is 18.7. The van der Waals surface area contributed by atoms with Gasteiger partial charge in [-0.2, -0.15) is 0 Å². The Labute approximate surface area is 394 Å². The summed E-state index contributed by atoms with van der Waals surface area (Å²) in [6, 6.07) is 54.0. The molecule has 0 aromatic heterocycles. The molecule has 0 amide bonds. The number of fused-ring (bicyclic) bond motifs is 3. The Hall–Kier alpha value is -7.56. The number of hydrogen-bond donors (Lipinski definition) is 2. The van der Waals surface area contributed by atoms with E-state index >= 15 is 0 Å². The molecule has 0 saturated heterocycles. The van der Waals surface area contributed by atoms with Crippen LogP contribution in [0.25, 0.3) is 89.0 Å². The van der Waals surface area contributed by atoms with E-state index in [1.807, 2.05) is 73.7 Å². The monoisotopic (exact) mass is 878 g/mol. The van der Waals surface area contributed by atoms with Crippen LogP contribution in [0.3, 0.4) is 0 Å². The summed E-state index contributed by atoms with van der Waals surface area (Å²) in [5, 5.41) is 33.5. The highest BCUT2D eigenvalue weighted by Gasteiger charge is 2.25. The van der Waals surface area contributed by atoms with Crippen molar-refractivity contribution >= 4 is 44.5 Å². The van der Waals surface area contributed by atoms with E-state index in [1.165, 1.54) is 0 Å². The Morgan fingerprint density at radius 1 is 0.537 bits per heavy atom. The zero-order chi connectivity index (χ0) is 46.8. The van der Waals surface area contributed by atoms with E-state index < -0.39 is 0 Å². The van der Waals surface area contributed by atoms with Gasteiger partial charge in [-0.05, 0) is 121 Å². The van der Waals surface area contributed by atoms with Gasteiger partial charge in [0.2, 0.25) is 0 Å². The molecule has 2 N–H and O–H groups in total. The molecule has 0 radical (unpaired) electrons. The van der Waals surface area contributed by atoms with Crippen LogP contribution in [0.4, 0.5) is 0 Å². The number of ether oxygens (including phenoxy) is 2. The number of benzene rings is 9. The van der Waals surface area contributed by atoms with Gasteiger partial charge in [-0.15, -0.1) is 0 Å². The minimum absolute atomic E-state index is 0.203. The zero-order valence-electron chi connectivity index (χ0n) is 39.4. The Bertz CT molecular complexity index is 3410. The smallest absolute Gasteiger partial charge is 0.131 e. The van der Waals surface area contributed by atoms with Crippen LogP contribution in [0.2, 0.25) is 0 Å². The van der Waals surface area contributed by atoms with Gasteiger partial charge in [-0.3, -0.25) is 0 Å². The van der Waals surface area contributed by atoms with Crippen molar-refractivity contribution in [2.75, 3.05) is 13.2 Å². The second kappa shape index (κ2) is 18.7. The molecule has 0 spiro atoms. The first-order valence-electron chi connectivity index (χ1n) is 23.4. The number of hydrogen-bond acceptors (Lipinski definition) is 4. The molecule has 9 aromatic carbocycles. The Kier molecular flexibility index (Phi) is 12.5. The minimum atomic E-state index is -0.212. The summed E-state index contributed by atoms with van der Waals surface area (Å²) < 4.78 is 13.1. The predicted molar refractivity (Wildman–Crippen MR) is 283 cm³/mol. The maximum atomic E-state index is 12.5. The van der Waals surface area contributed by atoms with E-state index in [-0.39, 0.29) is 22.8 Å². The highest BCUT2D eigenvalue weighted by atomic mass is 16.5. The van der Waals surface area contributed by atoms with E-state index in [2.05, 4.69) is 150 Å². The Balaban J connectivity index is 1.02. The van der Waals surface area contributed by atoms with Gasteiger partial charge in [0.1, 0.15) is 23.0 Å². The topological polar surface area (TPSA) is 58.9 Å². The van der Waals surface area contributed by atoms with Crippen LogP contribution in [0.5, 0.6) is 23.0 Å². The van der Waals surface area contributed by atoms with E-state index in [4.69, 9.17) is 9.47 Å². The summed E-state index contributed by atoms with van der Waals surface area (Å²) >= 11 is 0. The third-order valence-corrected chi connectivity index (χ3v) is 13.0. The molecule has 0 saturated carbocycles. The summed E-state index contributed by atoms with van der Waals surface area (Å²) in [6.07, 6.45) is 6.56. The first-order chi connectivity index (χ1) is 32.5. The van der Waals surface area contributed by atoms with Gasteiger partial charge in [0.25, 0.3) is 0 Å². The average molecular weight is 879 g/mol. The lowest BCUT2D eigenvalue weighted by atomic mass is 9.81. The molecule has 0 heterocycles. The fourth-order valence-electron chi connectivity index (χ4n) is 9.46. The summed E-state index contributed by atoms with van der Waals surface area (Å²) in [5.74, 6) is 2.02. The fraction of sp³-hybridized carbons (Fsp3) is 0.175. The van der Waals surface area contributed by atoms with Crippen LogP contribution < -0.4 is 19.9 Å². The van der Waals surface area contributed by atoms with Crippen molar-refractivity contribution in [2.45, 2.75) is 59.3 Å². The maximum absolute atomic E-state index is 12.5. The molecule has 4 nitrogen and oxygen atoms in total. The molecule has 67 heavy (non-hydrogen) atoms. The number of rotatable bonds is 12. The van der Waals surface area contributed by atoms with Crippen LogP contribution in [0, 0.1) is 0 Å². The van der Waals surface area contributed by atoms with Crippen LogP contribution in [-0.4, -0.2) is 23.4 Å². The minimum Gasteiger partial charge on any atom is -0.507 e. The fourth-order valence-corrected chi connectivity index (χ4v) is 9.46.